The van der Waals surface area contributed by atoms with Crippen molar-refractivity contribution in [2.24, 2.45) is 0 Å². The van der Waals surface area contributed by atoms with Crippen molar-refractivity contribution in [2.45, 2.75) is 6.61 Å². The van der Waals surface area contributed by atoms with Crippen LogP contribution in [0.15, 0.2) is 24.5 Å². The molecule has 0 amide bonds. The fraction of sp³-hybridized carbons (Fsp3) is 0.0909. The maximum atomic E-state index is 5.78. The maximum absolute atomic E-state index is 5.78. The third-order valence-corrected chi connectivity index (χ3v) is 4.42. The molecule has 0 atom stereocenters. The van der Waals surface area contributed by atoms with Crippen LogP contribution in [0.25, 0.3) is 0 Å². The van der Waals surface area contributed by atoms with Gasteiger partial charge in [-0.2, -0.15) is 0 Å². The van der Waals surface area contributed by atoms with Gasteiger partial charge in [-0.1, -0.05) is 11.6 Å². The molecule has 0 N–H and O–H groups in total. The predicted molar refractivity (Wildman–Crippen MR) is 96.0 cm³/mol. The van der Waals surface area contributed by atoms with Gasteiger partial charge in [-0.25, -0.2) is 4.98 Å². The lowest BCUT2D eigenvalue weighted by Crippen LogP contribution is -2.01. The van der Waals surface area contributed by atoms with E-state index in [0.29, 0.717) is 11.8 Å². The van der Waals surface area contributed by atoms with Gasteiger partial charge in [-0.3, -0.25) is 4.98 Å². The largest absolute Gasteiger partial charge is 0.485 e. The van der Waals surface area contributed by atoms with Crippen molar-refractivity contribution in [2.75, 3.05) is 0 Å². The monoisotopic (exact) mass is 598 g/mol. The van der Waals surface area contributed by atoms with Crippen LogP contribution in [0.1, 0.15) is 5.69 Å². The van der Waals surface area contributed by atoms with E-state index in [1.54, 1.807) is 6.20 Å². The van der Waals surface area contributed by atoms with E-state index in [0.717, 1.165) is 18.6 Å². The highest BCUT2D eigenvalue weighted by molar-refractivity contribution is 14.1. The Morgan fingerprint density at radius 2 is 1.72 bits per heavy atom. The first-order valence-corrected chi connectivity index (χ1v) is 8.41. The molecule has 0 unspecified atom stereocenters. The van der Waals surface area contributed by atoms with Crippen molar-refractivity contribution >= 4 is 79.4 Å². The number of nitrogens with zero attached hydrogens (tertiary/aromatic N) is 2. The van der Waals surface area contributed by atoms with E-state index in [1.165, 1.54) is 9.77 Å². The molecular formula is C11H6ClI3N2O. The summed E-state index contributed by atoms with van der Waals surface area (Å²) in [5.41, 5.74) is 0.754. The second-order valence-corrected chi connectivity index (χ2v) is 7.27. The highest BCUT2D eigenvalue weighted by Crippen LogP contribution is 2.30. The molecule has 0 spiro atoms. The Morgan fingerprint density at radius 3 is 2.28 bits per heavy atom. The first kappa shape index (κ1) is 15.0. The highest BCUT2D eigenvalue weighted by atomic mass is 127. The van der Waals surface area contributed by atoms with Gasteiger partial charge in [-0.15, -0.1) is 0 Å². The van der Waals surface area contributed by atoms with E-state index in [-0.39, 0.29) is 0 Å². The average molecular weight is 598 g/mol. The molecule has 0 aliphatic heterocycles. The standard InChI is InChI=1S/C11H6ClI3N2O/c12-10-4-16-7(3-17-10)5-18-11-8(14)1-6(13)2-9(11)15/h1-4H,5H2. The predicted octanol–water partition coefficient (Wildman–Crippen LogP) is 4.52. The van der Waals surface area contributed by atoms with Crippen LogP contribution < -0.4 is 4.74 Å². The zero-order valence-electron chi connectivity index (χ0n) is 8.83. The van der Waals surface area contributed by atoms with Crippen molar-refractivity contribution in [3.8, 4) is 5.75 Å². The van der Waals surface area contributed by atoms with Crippen LogP contribution in [0.3, 0.4) is 0 Å². The number of aromatic nitrogens is 2. The lowest BCUT2D eigenvalue weighted by Gasteiger charge is -2.10. The van der Waals surface area contributed by atoms with Crippen molar-refractivity contribution in [3.05, 3.63) is 46.1 Å². The molecule has 0 aliphatic rings. The van der Waals surface area contributed by atoms with Gasteiger partial charge in [-0.05, 0) is 79.9 Å². The van der Waals surface area contributed by atoms with Gasteiger partial charge in [0.05, 0.1) is 25.2 Å². The molecule has 2 rings (SSSR count). The summed E-state index contributed by atoms with van der Waals surface area (Å²) in [7, 11) is 0. The lowest BCUT2D eigenvalue weighted by atomic mass is 10.3. The molecule has 0 aliphatic carbocycles. The van der Waals surface area contributed by atoms with Crippen LogP contribution in [-0.4, -0.2) is 9.97 Å². The minimum Gasteiger partial charge on any atom is -0.485 e. The smallest absolute Gasteiger partial charge is 0.147 e. The number of ether oxygens (including phenoxy) is 1. The molecule has 0 radical (unpaired) electrons. The number of halogens is 4. The van der Waals surface area contributed by atoms with E-state index in [2.05, 4.69) is 89.9 Å². The molecule has 0 saturated carbocycles. The zero-order valence-corrected chi connectivity index (χ0v) is 16.1. The summed E-state index contributed by atoms with van der Waals surface area (Å²) in [4.78, 5) is 8.11. The summed E-state index contributed by atoms with van der Waals surface area (Å²) in [5.74, 6) is 0.883. The third kappa shape index (κ3) is 4.04. The summed E-state index contributed by atoms with van der Waals surface area (Å²) in [6.07, 6.45) is 3.14. The Morgan fingerprint density at radius 1 is 1.06 bits per heavy atom. The van der Waals surface area contributed by atoms with Gasteiger partial charge in [0, 0.05) is 3.57 Å². The zero-order chi connectivity index (χ0) is 13.1. The van der Waals surface area contributed by atoms with Crippen LogP contribution in [0.2, 0.25) is 5.15 Å². The van der Waals surface area contributed by atoms with E-state index in [1.807, 2.05) is 0 Å². The van der Waals surface area contributed by atoms with Gasteiger partial charge in [0.1, 0.15) is 17.5 Å². The molecule has 0 saturated heterocycles. The van der Waals surface area contributed by atoms with Gasteiger partial charge < -0.3 is 4.74 Å². The topological polar surface area (TPSA) is 35.0 Å². The number of rotatable bonds is 3. The summed E-state index contributed by atoms with van der Waals surface area (Å²) in [6.45, 7) is 0.386. The molecule has 1 aromatic carbocycles. The number of benzene rings is 1. The van der Waals surface area contributed by atoms with Gasteiger partial charge in [0.15, 0.2) is 0 Å². The first-order valence-electron chi connectivity index (χ1n) is 4.80. The fourth-order valence-corrected chi connectivity index (χ4v) is 5.22. The summed E-state index contributed by atoms with van der Waals surface area (Å²) in [6, 6.07) is 4.15. The highest BCUT2D eigenvalue weighted by Gasteiger charge is 2.08. The van der Waals surface area contributed by atoms with Gasteiger partial charge in [0.2, 0.25) is 0 Å². The first-order chi connectivity index (χ1) is 8.56. The van der Waals surface area contributed by atoms with Crippen molar-refractivity contribution in [1.82, 2.24) is 9.97 Å². The molecule has 2 aromatic rings. The molecule has 0 fully saturated rings. The second-order valence-electron chi connectivity index (χ2n) is 3.32. The van der Waals surface area contributed by atoms with Crippen molar-refractivity contribution < 1.29 is 4.74 Å². The molecule has 1 aromatic heterocycles. The molecule has 18 heavy (non-hydrogen) atoms. The summed E-state index contributed by atoms with van der Waals surface area (Å²) >= 11 is 12.5. The van der Waals surface area contributed by atoms with Crippen molar-refractivity contribution in [3.63, 3.8) is 0 Å². The van der Waals surface area contributed by atoms with Crippen LogP contribution in [0.4, 0.5) is 0 Å². The SMILES string of the molecule is Clc1cnc(COc2c(I)cc(I)cc2I)cn1. The number of hydrogen-bond acceptors (Lipinski definition) is 3. The number of hydrogen-bond donors (Lipinski definition) is 0. The molecule has 0 bridgehead atoms. The Kier molecular flexibility index (Phi) is 5.69. The van der Waals surface area contributed by atoms with E-state index < -0.39 is 0 Å². The van der Waals surface area contributed by atoms with Gasteiger partial charge in [0.25, 0.3) is 0 Å². The lowest BCUT2D eigenvalue weighted by molar-refractivity contribution is 0.296. The minimum absolute atomic E-state index is 0.386. The molecule has 3 nitrogen and oxygen atoms in total. The van der Waals surface area contributed by atoms with Crippen molar-refractivity contribution in [1.29, 1.82) is 0 Å². The Balaban J connectivity index is 2.13. The van der Waals surface area contributed by atoms with E-state index >= 15 is 0 Å². The summed E-state index contributed by atoms with van der Waals surface area (Å²) < 4.78 is 9.16. The van der Waals surface area contributed by atoms with E-state index in [9.17, 15) is 0 Å². The Bertz CT molecular complexity index is 540. The average Bonchev–Trinajstić information content (AvgIpc) is 2.30. The van der Waals surface area contributed by atoms with Crippen LogP contribution in [0.5, 0.6) is 5.75 Å². The Labute approximate surface area is 150 Å². The maximum Gasteiger partial charge on any atom is 0.147 e. The van der Waals surface area contributed by atoms with Crippen LogP contribution in [0, 0.1) is 10.7 Å². The quantitative estimate of drug-likeness (QED) is 0.488. The molecule has 94 valence electrons. The van der Waals surface area contributed by atoms with E-state index in [4.69, 9.17) is 16.3 Å². The summed E-state index contributed by atoms with van der Waals surface area (Å²) in [5, 5.41) is 0.386. The third-order valence-electron chi connectivity index (χ3n) is 2.00. The fourth-order valence-electron chi connectivity index (χ4n) is 1.23. The normalized spacial score (nSPS) is 10.4. The van der Waals surface area contributed by atoms with Gasteiger partial charge >= 0.3 is 0 Å². The Hall–Kier alpha value is 0.580. The molecule has 7 heteroatoms. The second kappa shape index (κ2) is 6.84. The molecular weight excluding hydrogens is 592 g/mol. The minimum atomic E-state index is 0.386. The molecule has 1 heterocycles. The van der Waals surface area contributed by atoms with Crippen LogP contribution in [-0.2, 0) is 6.61 Å². The van der Waals surface area contributed by atoms with Crippen LogP contribution >= 0.6 is 79.4 Å².